The summed E-state index contributed by atoms with van der Waals surface area (Å²) in [4.78, 5) is 38.7. The lowest BCUT2D eigenvalue weighted by Crippen LogP contribution is -2.37. The van der Waals surface area contributed by atoms with E-state index in [0.29, 0.717) is 22.9 Å². The molecule has 1 N–H and O–H groups in total. The van der Waals surface area contributed by atoms with Crippen molar-refractivity contribution in [3.8, 4) is 11.5 Å². The number of hydrogen-bond donors (Lipinski definition) is 1. The minimum Gasteiger partial charge on any atom is -0.493 e. The average molecular weight is 635 g/mol. The maximum atomic E-state index is 12.9. The van der Waals surface area contributed by atoms with Crippen LogP contribution < -0.4 is 14.2 Å². The average Bonchev–Trinajstić information content (AvgIpc) is 3.21. The molecule has 0 radical (unpaired) electrons. The number of nitrogens with zero attached hydrogens (tertiary/aromatic N) is 1. The van der Waals surface area contributed by atoms with Gasteiger partial charge in [-0.05, 0) is 90.8 Å². The largest absolute Gasteiger partial charge is 0.493 e. The van der Waals surface area contributed by atoms with E-state index in [9.17, 15) is 36.0 Å². The predicted octanol–water partition coefficient (Wildman–Crippen LogP) is 5.56. The molecule has 0 unspecified atom stereocenters. The fourth-order valence-corrected chi connectivity index (χ4v) is 6.14. The number of alkyl halides is 3. The SMILES string of the molecule is COc1cc(/C=C2/SC(=O)N(CCNC(=O)c3ccc(C(F)(F)F)cc3)C2=O)ccc1OS(=O)(=O)c1cc(C)ccc1C. The number of amides is 3. The van der Waals surface area contributed by atoms with Crippen LogP contribution in [0, 0.1) is 13.8 Å². The number of carbonyl (C=O) groups excluding carboxylic acids is 3. The standard InChI is InChI=1S/C29H25F3N2O7S2/c1-17-4-5-18(2)25(14-17)43(38,39)41-22-11-6-19(15-23(22)40-3)16-24-27(36)34(28(37)42-24)13-12-33-26(35)20-7-9-21(10-8-20)29(30,31)32/h4-11,14-16H,12-13H2,1-3H3,(H,33,35)/b24-16+. The molecule has 1 fully saturated rings. The molecule has 1 aliphatic rings. The Morgan fingerprint density at radius 3 is 2.35 bits per heavy atom. The Hall–Kier alpha value is -4.30. The molecule has 14 heteroatoms. The van der Waals surface area contributed by atoms with E-state index in [1.807, 2.05) is 0 Å². The van der Waals surface area contributed by atoms with Crippen molar-refractivity contribution in [2.45, 2.75) is 24.9 Å². The van der Waals surface area contributed by atoms with Crippen LogP contribution in [-0.4, -0.2) is 50.6 Å². The lowest BCUT2D eigenvalue weighted by Gasteiger charge is -2.14. The summed E-state index contributed by atoms with van der Waals surface area (Å²) >= 11 is 0.675. The molecule has 1 aliphatic heterocycles. The summed E-state index contributed by atoms with van der Waals surface area (Å²) in [5.41, 5.74) is 0.775. The number of carbonyl (C=O) groups is 3. The minimum absolute atomic E-state index is 0.00905. The van der Waals surface area contributed by atoms with Gasteiger partial charge in [0.25, 0.3) is 17.1 Å². The minimum atomic E-state index is -4.53. The highest BCUT2D eigenvalue weighted by Gasteiger charge is 2.35. The Bertz CT molecular complexity index is 1720. The van der Waals surface area contributed by atoms with Crippen LogP contribution in [0.25, 0.3) is 6.08 Å². The van der Waals surface area contributed by atoms with E-state index in [2.05, 4.69) is 5.32 Å². The smallest absolute Gasteiger partial charge is 0.416 e. The van der Waals surface area contributed by atoms with E-state index >= 15 is 0 Å². The van der Waals surface area contributed by atoms with E-state index < -0.39 is 38.9 Å². The monoisotopic (exact) mass is 634 g/mol. The van der Waals surface area contributed by atoms with Gasteiger partial charge in [-0.2, -0.15) is 21.6 Å². The Morgan fingerprint density at radius 1 is 1.00 bits per heavy atom. The second kappa shape index (κ2) is 12.5. The first-order valence-corrected chi connectivity index (χ1v) is 14.8. The molecule has 9 nitrogen and oxygen atoms in total. The summed E-state index contributed by atoms with van der Waals surface area (Å²) in [6, 6.07) is 12.9. The Kier molecular flexibility index (Phi) is 9.21. The molecule has 1 saturated heterocycles. The Labute approximate surface area is 249 Å². The van der Waals surface area contributed by atoms with Gasteiger partial charge in [0, 0.05) is 18.7 Å². The van der Waals surface area contributed by atoms with E-state index in [1.165, 1.54) is 37.5 Å². The topological polar surface area (TPSA) is 119 Å². The third kappa shape index (κ3) is 7.38. The summed E-state index contributed by atoms with van der Waals surface area (Å²) in [7, 11) is -2.86. The van der Waals surface area contributed by atoms with Gasteiger partial charge in [0.1, 0.15) is 4.90 Å². The molecule has 3 aromatic carbocycles. The number of halogens is 3. The van der Waals surface area contributed by atoms with Gasteiger partial charge in [-0.1, -0.05) is 18.2 Å². The van der Waals surface area contributed by atoms with Crippen LogP contribution in [0.2, 0.25) is 0 Å². The molecule has 0 spiro atoms. The van der Waals surface area contributed by atoms with Crippen molar-refractivity contribution < 1.29 is 44.9 Å². The summed E-state index contributed by atoms with van der Waals surface area (Å²) in [6.45, 7) is 3.12. The van der Waals surface area contributed by atoms with Crippen molar-refractivity contribution in [2.75, 3.05) is 20.2 Å². The molecular weight excluding hydrogens is 609 g/mol. The van der Waals surface area contributed by atoms with Crippen LogP contribution in [0.15, 0.2) is 70.5 Å². The first-order valence-electron chi connectivity index (χ1n) is 12.6. The molecule has 4 rings (SSSR count). The van der Waals surface area contributed by atoms with Gasteiger partial charge in [-0.3, -0.25) is 19.3 Å². The zero-order valence-corrected chi connectivity index (χ0v) is 24.7. The van der Waals surface area contributed by atoms with Crippen LogP contribution in [-0.2, 0) is 21.1 Å². The third-order valence-corrected chi connectivity index (χ3v) is 8.55. The summed E-state index contributed by atoms with van der Waals surface area (Å²) in [5.74, 6) is -1.27. The molecule has 43 heavy (non-hydrogen) atoms. The van der Waals surface area contributed by atoms with Gasteiger partial charge < -0.3 is 14.2 Å². The molecule has 1 heterocycles. The summed E-state index contributed by atoms with van der Waals surface area (Å²) in [5, 5.41) is 1.90. The van der Waals surface area contributed by atoms with Crippen molar-refractivity contribution >= 4 is 45.0 Å². The van der Waals surface area contributed by atoms with Crippen molar-refractivity contribution in [1.82, 2.24) is 10.2 Å². The number of methoxy groups -OCH3 is 1. The molecule has 0 atom stereocenters. The van der Waals surface area contributed by atoms with Crippen molar-refractivity contribution in [1.29, 1.82) is 0 Å². The number of benzene rings is 3. The van der Waals surface area contributed by atoms with Gasteiger partial charge in [0.05, 0.1) is 17.6 Å². The summed E-state index contributed by atoms with van der Waals surface area (Å²) in [6.07, 6.45) is -3.10. The normalized spacial score (nSPS) is 14.7. The number of ether oxygens (including phenoxy) is 1. The van der Waals surface area contributed by atoms with E-state index in [1.54, 1.807) is 26.0 Å². The van der Waals surface area contributed by atoms with Crippen LogP contribution in [0.1, 0.15) is 32.6 Å². The number of nitrogens with one attached hydrogen (secondary N) is 1. The molecule has 0 aliphatic carbocycles. The van der Waals surface area contributed by atoms with Crippen LogP contribution in [0.3, 0.4) is 0 Å². The number of imide groups is 1. The first-order chi connectivity index (χ1) is 20.2. The molecule has 0 bridgehead atoms. The van der Waals surface area contributed by atoms with E-state index in [-0.39, 0.29) is 40.0 Å². The fraction of sp³-hybridized carbons (Fsp3) is 0.207. The lowest BCUT2D eigenvalue weighted by atomic mass is 10.1. The number of rotatable bonds is 9. The van der Waals surface area contributed by atoms with Gasteiger partial charge in [-0.25, -0.2) is 0 Å². The van der Waals surface area contributed by atoms with E-state index in [0.717, 1.165) is 34.7 Å². The highest BCUT2D eigenvalue weighted by Crippen LogP contribution is 2.36. The van der Waals surface area contributed by atoms with Crippen molar-refractivity contribution in [2.24, 2.45) is 0 Å². The van der Waals surface area contributed by atoms with Crippen LogP contribution in [0.4, 0.5) is 18.0 Å². The molecular formula is C29H25F3N2O7S2. The number of thioether (sulfide) groups is 1. The maximum absolute atomic E-state index is 12.9. The maximum Gasteiger partial charge on any atom is 0.416 e. The molecule has 3 amide bonds. The zero-order valence-electron chi connectivity index (χ0n) is 23.0. The predicted molar refractivity (Wildman–Crippen MR) is 153 cm³/mol. The Morgan fingerprint density at radius 2 is 1.70 bits per heavy atom. The van der Waals surface area contributed by atoms with Gasteiger partial charge in [0.15, 0.2) is 11.5 Å². The molecule has 3 aromatic rings. The highest BCUT2D eigenvalue weighted by molar-refractivity contribution is 8.18. The fourth-order valence-electron chi connectivity index (χ4n) is 4.02. The van der Waals surface area contributed by atoms with Crippen molar-refractivity contribution in [3.63, 3.8) is 0 Å². The third-order valence-electron chi connectivity index (χ3n) is 6.27. The van der Waals surface area contributed by atoms with Crippen LogP contribution >= 0.6 is 11.8 Å². The summed E-state index contributed by atoms with van der Waals surface area (Å²) < 4.78 is 74.7. The number of aryl methyl sites for hydroxylation is 2. The molecule has 226 valence electrons. The quantitative estimate of drug-likeness (QED) is 0.240. The first kappa shape index (κ1) is 31.6. The molecule has 0 saturated carbocycles. The lowest BCUT2D eigenvalue weighted by molar-refractivity contribution is -0.137. The van der Waals surface area contributed by atoms with Crippen LogP contribution in [0.5, 0.6) is 11.5 Å². The van der Waals surface area contributed by atoms with Gasteiger partial charge in [0.2, 0.25) is 0 Å². The Balaban J connectivity index is 1.41. The van der Waals surface area contributed by atoms with Gasteiger partial charge >= 0.3 is 16.3 Å². The molecule has 0 aromatic heterocycles. The van der Waals surface area contributed by atoms with Gasteiger partial charge in [-0.15, -0.1) is 0 Å². The van der Waals surface area contributed by atoms with Crippen molar-refractivity contribution in [3.05, 3.63) is 93.4 Å². The van der Waals surface area contributed by atoms with E-state index in [4.69, 9.17) is 8.92 Å². The highest BCUT2D eigenvalue weighted by atomic mass is 32.2. The zero-order chi connectivity index (χ0) is 31.5. The second-order valence-corrected chi connectivity index (χ2v) is 11.9. The second-order valence-electron chi connectivity index (χ2n) is 9.38. The number of hydrogen-bond acceptors (Lipinski definition) is 8.